The molecule has 1 saturated carbocycles. The number of ether oxygens (including phenoxy) is 2. The summed E-state index contributed by atoms with van der Waals surface area (Å²) in [6.07, 6.45) is 6.02. The molecule has 2 aromatic rings. The van der Waals surface area contributed by atoms with Crippen molar-refractivity contribution in [1.29, 1.82) is 0 Å². The van der Waals surface area contributed by atoms with Gasteiger partial charge in [0.05, 0.1) is 12.5 Å². The first-order valence-electron chi connectivity index (χ1n) is 15.4. The maximum absolute atomic E-state index is 12.9. The molecule has 2 atom stereocenters. The monoisotopic (exact) mass is 549 g/mol. The summed E-state index contributed by atoms with van der Waals surface area (Å²) in [7, 11) is 0. The Morgan fingerprint density at radius 2 is 1.20 bits per heavy atom. The van der Waals surface area contributed by atoms with Gasteiger partial charge in [-0.2, -0.15) is 0 Å². The lowest BCUT2D eigenvalue weighted by atomic mass is 9.83. The summed E-state index contributed by atoms with van der Waals surface area (Å²) < 4.78 is 11.9. The molecule has 220 valence electrons. The predicted molar refractivity (Wildman–Crippen MR) is 162 cm³/mol. The third-order valence-electron chi connectivity index (χ3n) is 8.21. The normalized spacial score (nSPS) is 18.9. The van der Waals surface area contributed by atoms with Crippen LogP contribution in [-0.2, 0) is 19.1 Å². The summed E-state index contributed by atoms with van der Waals surface area (Å²) in [6.45, 7) is 11.7. The van der Waals surface area contributed by atoms with E-state index in [0.717, 1.165) is 43.6 Å². The molecule has 5 nitrogen and oxygen atoms in total. The average molecular weight is 550 g/mol. The highest BCUT2D eigenvalue weighted by molar-refractivity contribution is 5.86. The van der Waals surface area contributed by atoms with E-state index in [9.17, 15) is 9.59 Å². The number of nitrogens with one attached hydrogen (secondary N) is 1. The van der Waals surface area contributed by atoms with Gasteiger partial charge in [0.15, 0.2) is 0 Å². The van der Waals surface area contributed by atoms with Crippen molar-refractivity contribution in [2.75, 3.05) is 33.0 Å². The molecule has 3 rings (SSSR count). The van der Waals surface area contributed by atoms with E-state index in [1.165, 1.54) is 12.8 Å². The highest BCUT2D eigenvalue weighted by Gasteiger charge is 2.25. The Kier molecular flexibility index (Phi) is 13.9. The molecule has 1 aliphatic rings. The summed E-state index contributed by atoms with van der Waals surface area (Å²) in [5.74, 6) is 1.96. The van der Waals surface area contributed by atoms with Crippen LogP contribution < -0.4 is 5.32 Å². The Labute approximate surface area is 242 Å². The minimum atomic E-state index is -0.134. The first-order chi connectivity index (χ1) is 19.4. The molecule has 0 spiro atoms. The molecule has 0 saturated heterocycles. The van der Waals surface area contributed by atoms with Crippen molar-refractivity contribution in [1.82, 2.24) is 5.32 Å². The number of carbonyl (C=O) groups excluding carboxylic acids is 2. The first kappa shape index (κ1) is 32.0. The zero-order valence-corrected chi connectivity index (χ0v) is 25.1. The fourth-order valence-electron chi connectivity index (χ4n) is 6.03. The van der Waals surface area contributed by atoms with E-state index in [-0.39, 0.29) is 23.7 Å². The van der Waals surface area contributed by atoms with Crippen LogP contribution in [0.1, 0.15) is 89.2 Å². The Morgan fingerprint density at radius 1 is 0.725 bits per heavy atom. The molecule has 2 aromatic carbocycles. The van der Waals surface area contributed by atoms with Gasteiger partial charge in [0.2, 0.25) is 5.91 Å². The Balaban J connectivity index is 1.23. The van der Waals surface area contributed by atoms with E-state index in [1.807, 2.05) is 48.5 Å². The molecule has 1 fully saturated rings. The van der Waals surface area contributed by atoms with Gasteiger partial charge in [-0.25, -0.2) is 0 Å². The Morgan fingerprint density at radius 3 is 1.70 bits per heavy atom. The van der Waals surface area contributed by atoms with Crippen LogP contribution in [0, 0.1) is 23.7 Å². The van der Waals surface area contributed by atoms with Crippen molar-refractivity contribution in [3.8, 4) is 0 Å². The highest BCUT2D eigenvalue weighted by Crippen LogP contribution is 2.30. The van der Waals surface area contributed by atoms with Gasteiger partial charge in [-0.3, -0.25) is 9.59 Å². The summed E-state index contributed by atoms with van der Waals surface area (Å²) in [6, 6.07) is 20.1. The fraction of sp³-hybridized carbons (Fsp3) is 0.600. The Bertz CT molecular complexity index is 901. The standard InChI is InChI=1S/C35H51NO4/c1-26(2)33(30-12-7-5-8-13-30)32(37)16-11-22-39-24-28-17-19-29(20-18-28)25-40-23-21-36-35(38)34(27(3)4)31-14-9-6-10-15-31/h5-10,12-15,26-29,33-34H,11,16-25H2,1-4H3,(H,36,38)/t28?,29?,33-,34-/m0/s1. The zero-order chi connectivity index (χ0) is 28.7. The number of amides is 1. The summed E-state index contributed by atoms with van der Waals surface area (Å²) in [5.41, 5.74) is 2.18. The largest absolute Gasteiger partial charge is 0.381 e. The van der Waals surface area contributed by atoms with Gasteiger partial charge in [0.25, 0.3) is 0 Å². The first-order valence-corrected chi connectivity index (χ1v) is 15.4. The number of hydrogen-bond acceptors (Lipinski definition) is 4. The highest BCUT2D eigenvalue weighted by atomic mass is 16.5. The smallest absolute Gasteiger partial charge is 0.227 e. The number of ketones is 1. The number of rotatable bonds is 17. The summed E-state index contributed by atoms with van der Waals surface area (Å²) in [4.78, 5) is 25.6. The van der Waals surface area contributed by atoms with Crippen molar-refractivity contribution >= 4 is 11.7 Å². The van der Waals surface area contributed by atoms with Gasteiger partial charge in [-0.1, -0.05) is 88.4 Å². The van der Waals surface area contributed by atoms with Crippen LogP contribution in [0.4, 0.5) is 0 Å². The fourth-order valence-corrected chi connectivity index (χ4v) is 6.03. The molecule has 0 aromatic heterocycles. The topological polar surface area (TPSA) is 64.6 Å². The van der Waals surface area contributed by atoms with E-state index in [0.29, 0.717) is 49.7 Å². The van der Waals surface area contributed by atoms with Crippen molar-refractivity contribution in [2.45, 2.75) is 78.1 Å². The molecule has 1 N–H and O–H groups in total. The van der Waals surface area contributed by atoms with Crippen LogP contribution in [0.5, 0.6) is 0 Å². The summed E-state index contributed by atoms with van der Waals surface area (Å²) >= 11 is 0. The van der Waals surface area contributed by atoms with E-state index in [4.69, 9.17) is 9.47 Å². The van der Waals surface area contributed by atoms with Crippen molar-refractivity contribution in [3.05, 3.63) is 71.8 Å². The van der Waals surface area contributed by atoms with Gasteiger partial charge in [0.1, 0.15) is 5.78 Å². The molecule has 0 bridgehead atoms. The molecule has 0 unspecified atom stereocenters. The van der Waals surface area contributed by atoms with E-state index in [2.05, 4.69) is 45.1 Å². The van der Waals surface area contributed by atoms with Crippen molar-refractivity contribution in [2.24, 2.45) is 23.7 Å². The lowest BCUT2D eigenvalue weighted by molar-refractivity contribution is -0.124. The molecule has 5 heteroatoms. The molecule has 0 radical (unpaired) electrons. The molecular formula is C35H51NO4. The Hall–Kier alpha value is -2.50. The van der Waals surface area contributed by atoms with Crippen LogP contribution in [0.3, 0.4) is 0 Å². The zero-order valence-electron chi connectivity index (χ0n) is 25.1. The second-order valence-corrected chi connectivity index (χ2v) is 12.2. The quantitative estimate of drug-likeness (QED) is 0.213. The predicted octanol–water partition coefficient (Wildman–Crippen LogP) is 7.17. The number of hydrogen-bond donors (Lipinski definition) is 1. The minimum absolute atomic E-state index is 0.0267. The van der Waals surface area contributed by atoms with Gasteiger partial charge in [0, 0.05) is 38.7 Å². The van der Waals surface area contributed by atoms with Crippen molar-refractivity contribution in [3.63, 3.8) is 0 Å². The average Bonchev–Trinajstić information content (AvgIpc) is 2.94. The SMILES string of the molecule is CC(C)[C@H](C(=O)CCCOCC1CCC(COCCNC(=O)[C@H](c2ccccc2)C(C)C)CC1)c1ccccc1. The molecule has 1 aliphatic carbocycles. The van der Waals surface area contributed by atoms with Crippen LogP contribution in [0.2, 0.25) is 0 Å². The van der Waals surface area contributed by atoms with Crippen LogP contribution in [0.15, 0.2) is 60.7 Å². The van der Waals surface area contributed by atoms with E-state index in [1.54, 1.807) is 0 Å². The second kappa shape index (κ2) is 17.3. The second-order valence-electron chi connectivity index (χ2n) is 12.2. The third kappa shape index (κ3) is 10.5. The van der Waals surface area contributed by atoms with Gasteiger partial charge in [-0.15, -0.1) is 0 Å². The van der Waals surface area contributed by atoms with Crippen LogP contribution >= 0.6 is 0 Å². The van der Waals surface area contributed by atoms with Crippen molar-refractivity contribution < 1.29 is 19.1 Å². The molecule has 0 heterocycles. The van der Waals surface area contributed by atoms with Gasteiger partial charge < -0.3 is 14.8 Å². The van der Waals surface area contributed by atoms with Crippen LogP contribution in [0.25, 0.3) is 0 Å². The van der Waals surface area contributed by atoms with E-state index < -0.39 is 0 Å². The van der Waals surface area contributed by atoms with Gasteiger partial charge in [-0.05, 0) is 66.9 Å². The molecular weight excluding hydrogens is 498 g/mol. The minimum Gasteiger partial charge on any atom is -0.381 e. The maximum atomic E-state index is 12.9. The third-order valence-corrected chi connectivity index (χ3v) is 8.21. The lowest BCUT2D eigenvalue weighted by Gasteiger charge is -2.28. The maximum Gasteiger partial charge on any atom is 0.227 e. The summed E-state index contributed by atoms with van der Waals surface area (Å²) in [5, 5.41) is 3.07. The number of Topliss-reactive ketones (excluding diaryl/α,β-unsaturated/α-hetero) is 1. The molecule has 0 aliphatic heterocycles. The lowest BCUT2D eigenvalue weighted by Crippen LogP contribution is -2.34. The number of carbonyl (C=O) groups is 2. The van der Waals surface area contributed by atoms with Crippen LogP contribution in [-0.4, -0.2) is 44.7 Å². The molecule has 1 amide bonds. The van der Waals surface area contributed by atoms with E-state index >= 15 is 0 Å². The van der Waals surface area contributed by atoms with Gasteiger partial charge >= 0.3 is 0 Å². The number of benzene rings is 2. The molecule has 40 heavy (non-hydrogen) atoms.